The molecule has 1 aromatic carbocycles. The largest absolute Gasteiger partial charge is 0.310 e. The van der Waals surface area contributed by atoms with E-state index >= 15 is 0 Å². The van der Waals surface area contributed by atoms with Crippen molar-refractivity contribution in [1.29, 1.82) is 0 Å². The van der Waals surface area contributed by atoms with Crippen molar-refractivity contribution in [1.82, 2.24) is 5.32 Å². The first-order chi connectivity index (χ1) is 9.33. The van der Waals surface area contributed by atoms with E-state index < -0.39 is 9.84 Å². The Bertz CT molecular complexity index is 529. The highest BCUT2D eigenvalue weighted by Crippen LogP contribution is 2.27. The SMILES string of the molecule is CCCNC(CCCS(C)(=O)=O)c1ccc(C)cc1Br. The van der Waals surface area contributed by atoms with Gasteiger partial charge in [0.05, 0.1) is 0 Å². The van der Waals surface area contributed by atoms with Gasteiger partial charge in [-0.05, 0) is 49.9 Å². The molecule has 1 unspecified atom stereocenters. The summed E-state index contributed by atoms with van der Waals surface area (Å²) in [7, 11) is -2.88. The van der Waals surface area contributed by atoms with Crippen LogP contribution in [0.2, 0.25) is 0 Å². The fourth-order valence-corrected chi connectivity index (χ4v) is 3.61. The number of halogens is 1. The van der Waals surface area contributed by atoms with Gasteiger partial charge in [-0.1, -0.05) is 35.0 Å². The standard InChI is InChI=1S/C15H24BrNO2S/c1-4-9-17-15(6-5-10-20(3,18)19)13-8-7-12(2)11-14(13)16/h7-8,11,15,17H,4-6,9-10H2,1-3H3. The predicted molar refractivity (Wildman–Crippen MR) is 88.9 cm³/mol. The monoisotopic (exact) mass is 361 g/mol. The molecule has 0 aliphatic rings. The van der Waals surface area contributed by atoms with Gasteiger partial charge in [0, 0.05) is 22.5 Å². The second-order valence-corrected chi connectivity index (χ2v) is 8.42. The van der Waals surface area contributed by atoms with Gasteiger partial charge in [0.2, 0.25) is 0 Å². The van der Waals surface area contributed by atoms with Crippen LogP contribution in [-0.2, 0) is 9.84 Å². The third kappa shape index (κ3) is 6.37. The van der Waals surface area contributed by atoms with Crippen molar-refractivity contribution in [3.63, 3.8) is 0 Å². The van der Waals surface area contributed by atoms with Crippen LogP contribution in [0, 0.1) is 6.92 Å². The Kier molecular flexibility index (Phi) is 7.20. The molecule has 0 heterocycles. The van der Waals surface area contributed by atoms with Crippen LogP contribution >= 0.6 is 15.9 Å². The molecule has 0 aliphatic heterocycles. The van der Waals surface area contributed by atoms with Crippen LogP contribution in [0.4, 0.5) is 0 Å². The lowest BCUT2D eigenvalue weighted by Crippen LogP contribution is -2.23. The molecular formula is C15H24BrNO2S. The number of hydrogen-bond donors (Lipinski definition) is 1. The third-order valence-electron chi connectivity index (χ3n) is 3.18. The zero-order chi connectivity index (χ0) is 15.2. The van der Waals surface area contributed by atoms with Crippen molar-refractivity contribution >= 4 is 25.8 Å². The minimum absolute atomic E-state index is 0.201. The first-order valence-electron chi connectivity index (χ1n) is 7.00. The van der Waals surface area contributed by atoms with Gasteiger partial charge in [0.1, 0.15) is 9.84 Å². The molecule has 5 heteroatoms. The zero-order valence-corrected chi connectivity index (χ0v) is 14.9. The summed E-state index contributed by atoms with van der Waals surface area (Å²) in [5.74, 6) is 0.251. The molecule has 3 nitrogen and oxygen atoms in total. The molecule has 1 atom stereocenters. The summed E-state index contributed by atoms with van der Waals surface area (Å²) >= 11 is 3.61. The summed E-state index contributed by atoms with van der Waals surface area (Å²) in [6.45, 7) is 5.13. The number of sulfone groups is 1. The molecule has 0 radical (unpaired) electrons. The van der Waals surface area contributed by atoms with Crippen LogP contribution in [0.25, 0.3) is 0 Å². The van der Waals surface area contributed by atoms with Crippen LogP contribution in [0.5, 0.6) is 0 Å². The zero-order valence-electron chi connectivity index (χ0n) is 12.4. The van der Waals surface area contributed by atoms with Crippen LogP contribution in [-0.4, -0.2) is 27.0 Å². The quantitative estimate of drug-likeness (QED) is 0.768. The van der Waals surface area contributed by atoms with E-state index in [1.165, 1.54) is 17.4 Å². The second kappa shape index (κ2) is 8.15. The van der Waals surface area contributed by atoms with Crippen molar-refractivity contribution in [3.8, 4) is 0 Å². The first-order valence-corrected chi connectivity index (χ1v) is 9.86. The van der Waals surface area contributed by atoms with Gasteiger partial charge in [-0.25, -0.2) is 8.42 Å². The summed E-state index contributed by atoms with van der Waals surface area (Å²) in [4.78, 5) is 0. The second-order valence-electron chi connectivity index (χ2n) is 5.30. The van der Waals surface area contributed by atoms with E-state index in [9.17, 15) is 8.42 Å². The number of nitrogens with one attached hydrogen (secondary N) is 1. The maximum atomic E-state index is 11.2. The molecule has 0 aliphatic carbocycles. The van der Waals surface area contributed by atoms with E-state index in [0.29, 0.717) is 6.42 Å². The van der Waals surface area contributed by atoms with Gasteiger partial charge >= 0.3 is 0 Å². The van der Waals surface area contributed by atoms with E-state index in [1.54, 1.807) is 0 Å². The van der Waals surface area contributed by atoms with Crippen LogP contribution in [0.1, 0.15) is 43.4 Å². The molecule has 1 aromatic rings. The van der Waals surface area contributed by atoms with Gasteiger partial charge in [-0.2, -0.15) is 0 Å². The van der Waals surface area contributed by atoms with Crippen molar-refractivity contribution in [2.24, 2.45) is 0 Å². The molecule has 20 heavy (non-hydrogen) atoms. The van der Waals surface area contributed by atoms with Crippen molar-refractivity contribution < 1.29 is 8.42 Å². The van der Waals surface area contributed by atoms with Crippen molar-refractivity contribution in [3.05, 3.63) is 33.8 Å². The van der Waals surface area contributed by atoms with E-state index in [1.807, 2.05) is 0 Å². The molecule has 0 fully saturated rings. The first kappa shape index (κ1) is 17.7. The topological polar surface area (TPSA) is 46.2 Å². The summed E-state index contributed by atoms with van der Waals surface area (Å²) in [5.41, 5.74) is 2.42. The molecule has 114 valence electrons. The normalized spacial score (nSPS) is 13.4. The molecule has 0 aromatic heterocycles. The number of aryl methyl sites for hydroxylation is 1. The molecule has 0 bridgehead atoms. The van der Waals surface area contributed by atoms with E-state index in [0.717, 1.165) is 23.9 Å². The molecule has 0 spiro atoms. The molecule has 0 saturated carbocycles. The molecule has 1 N–H and O–H groups in total. The average Bonchev–Trinajstić information content (AvgIpc) is 2.33. The van der Waals surface area contributed by atoms with Gasteiger partial charge in [-0.15, -0.1) is 0 Å². The molecule has 0 saturated heterocycles. The van der Waals surface area contributed by atoms with E-state index in [2.05, 4.69) is 53.3 Å². The highest BCUT2D eigenvalue weighted by atomic mass is 79.9. The highest BCUT2D eigenvalue weighted by Gasteiger charge is 2.14. The third-order valence-corrected chi connectivity index (χ3v) is 4.90. The van der Waals surface area contributed by atoms with Gasteiger partial charge in [0.15, 0.2) is 0 Å². The summed E-state index contributed by atoms with van der Waals surface area (Å²) < 4.78 is 23.6. The Morgan fingerprint density at radius 2 is 2.05 bits per heavy atom. The predicted octanol–water partition coefficient (Wildman–Crippen LogP) is 3.62. The Hall–Kier alpha value is -0.390. The van der Waals surface area contributed by atoms with Crippen molar-refractivity contribution in [2.45, 2.75) is 39.2 Å². The van der Waals surface area contributed by atoms with Gasteiger partial charge < -0.3 is 5.32 Å². The number of rotatable bonds is 8. The maximum Gasteiger partial charge on any atom is 0.147 e. The minimum atomic E-state index is -2.88. The smallest absolute Gasteiger partial charge is 0.147 e. The Morgan fingerprint density at radius 3 is 2.60 bits per heavy atom. The summed E-state index contributed by atoms with van der Waals surface area (Å²) in [5, 5.41) is 3.51. The van der Waals surface area contributed by atoms with Gasteiger partial charge in [0.25, 0.3) is 0 Å². The lowest BCUT2D eigenvalue weighted by atomic mass is 10.0. The highest BCUT2D eigenvalue weighted by molar-refractivity contribution is 9.10. The van der Waals surface area contributed by atoms with E-state index in [4.69, 9.17) is 0 Å². The number of hydrogen-bond acceptors (Lipinski definition) is 3. The Morgan fingerprint density at radius 1 is 1.35 bits per heavy atom. The lowest BCUT2D eigenvalue weighted by Gasteiger charge is -2.20. The maximum absolute atomic E-state index is 11.2. The molecule has 1 rings (SSSR count). The van der Waals surface area contributed by atoms with Crippen LogP contribution < -0.4 is 5.32 Å². The van der Waals surface area contributed by atoms with Crippen molar-refractivity contribution in [2.75, 3.05) is 18.6 Å². The Balaban J connectivity index is 2.77. The molecular weight excluding hydrogens is 338 g/mol. The van der Waals surface area contributed by atoms with Crippen LogP contribution in [0.3, 0.4) is 0 Å². The lowest BCUT2D eigenvalue weighted by molar-refractivity contribution is 0.491. The average molecular weight is 362 g/mol. The fraction of sp³-hybridized carbons (Fsp3) is 0.600. The van der Waals surface area contributed by atoms with Crippen LogP contribution in [0.15, 0.2) is 22.7 Å². The fourth-order valence-electron chi connectivity index (χ4n) is 2.15. The minimum Gasteiger partial charge on any atom is -0.310 e. The molecule has 0 amide bonds. The van der Waals surface area contributed by atoms with E-state index in [-0.39, 0.29) is 11.8 Å². The van der Waals surface area contributed by atoms with Gasteiger partial charge in [-0.3, -0.25) is 0 Å². The summed E-state index contributed by atoms with van der Waals surface area (Å²) in [6.07, 6.45) is 3.87. The summed E-state index contributed by atoms with van der Waals surface area (Å²) in [6, 6.07) is 6.52. The number of benzene rings is 1. The Labute approximate surface area is 131 Å².